The Labute approximate surface area is 121 Å². The first-order chi connectivity index (χ1) is 8.61. The van der Waals surface area contributed by atoms with Crippen LogP contribution in [0.25, 0.3) is 0 Å². The van der Waals surface area contributed by atoms with Gasteiger partial charge in [-0.15, -0.1) is 11.6 Å². The number of carbonyl (C=O) groups is 1. The Kier molecular flexibility index (Phi) is 4.68. The molecular weight excluding hydrogens is 314 g/mol. The standard InChI is InChI=1S/C14H17BrClNO/c1-9-5-6-11(15)7-12(9)14(18)17-13-4-2-3-10(13)8-16/h5-7,10,13H,2-4,8H2,1H3,(H,17,18). The molecule has 98 valence electrons. The van der Waals surface area contributed by atoms with E-state index < -0.39 is 0 Å². The van der Waals surface area contributed by atoms with Crippen molar-refractivity contribution in [3.63, 3.8) is 0 Å². The molecule has 1 aromatic carbocycles. The Morgan fingerprint density at radius 2 is 2.28 bits per heavy atom. The summed E-state index contributed by atoms with van der Waals surface area (Å²) in [4.78, 5) is 12.3. The number of benzene rings is 1. The number of hydrogen-bond donors (Lipinski definition) is 1. The van der Waals surface area contributed by atoms with Gasteiger partial charge >= 0.3 is 0 Å². The van der Waals surface area contributed by atoms with Gasteiger partial charge in [0.2, 0.25) is 0 Å². The van der Waals surface area contributed by atoms with Crippen LogP contribution in [0.15, 0.2) is 22.7 Å². The molecule has 1 aromatic rings. The predicted molar refractivity (Wildman–Crippen MR) is 78.2 cm³/mol. The monoisotopic (exact) mass is 329 g/mol. The van der Waals surface area contributed by atoms with Gasteiger partial charge in [0.05, 0.1) is 0 Å². The third kappa shape index (κ3) is 3.07. The zero-order valence-corrected chi connectivity index (χ0v) is 12.7. The third-order valence-electron chi connectivity index (χ3n) is 3.62. The highest BCUT2D eigenvalue weighted by Crippen LogP contribution is 2.27. The predicted octanol–water partition coefficient (Wildman–Crippen LogP) is 3.89. The van der Waals surface area contributed by atoms with E-state index in [0.717, 1.165) is 34.9 Å². The minimum atomic E-state index is 0.0100. The number of amides is 1. The van der Waals surface area contributed by atoms with E-state index in [1.54, 1.807) is 0 Å². The van der Waals surface area contributed by atoms with Crippen molar-refractivity contribution in [2.75, 3.05) is 5.88 Å². The smallest absolute Gasteiger partial charge is 0.251 e. The first-order valence-electron chi connectivity index (χ1n) is 6.25. The molecule has 0 radical (unpaired) electrons. The van der Waals surface area contributed by atoms with E-state index in [4.69, 9.17) is 11.6 Å². The Bertz CT molecular complexity index is 449. The van der Waals surface area contributed by atoms with E-state index in [1.807, 2.05) is 25.1 Å². The summed E-state index contributed by atoms with van der Waals surface area (Å²) in [6.45, 7) is 1.95. The van der Waals surface area contributed by atoms with Crippen molar-refractivity contribution in [2.24, 2.45) is 5.92 Å². The molecule has 2 nitrogen and oxygen atoms in total. The molecule has 18 heavy (non-hydrogen) atoms. The van der Waals surface area contributed by atoms with Gasteiger partial charge < -0.3 is 5.32 Å². The maximum atomic E-state index is 12.3. The van der Waals surface area contributed by atoms with Crippen LogP contribution in [-0.4, -0.2) is 17.8 Å². The minimum Gasteiger partial charge on any atom is -0.349 e. The molecule has 1 fully saturated rings. The van der Waals surface area contributed by atoms with Crippen LogP contribution in [0.2, 0.25) is 0 Å². The second-order valence-electron chi connectivity index (χ2n) is 4.88. The van der Waals surface area contributed by atoms with Crippen LogP contribution in [0.5, 0.6) is 0 Å². The lowest BCUT2D eigenvalue weighted by Crippen LogP contribution is -2.38. The fraction of sp³-hybridized carbons (Fsp3) is 0.500. The Morgan fingerprint density at radius 3 is 3.00 bits per heavy atom. The zero-order valence-electron chi connectivity index (χ0n) is 10.4. The van der Waals surface area contributed by atoms with Gasteiger partial charge in [-0.2, -0.15) is 0 Å². The van der Waals surface area contributed by atoms with Gasteiger partial charge in [-0.05, 0) is 43.4 Å². The molecule has 0 aromatic heterocycles. The Balaban J connectivity index is 2.09. The molecule has 0 spiro atoms. The van der Waals surface area contributed by atoms with Crippen molar-refractivity contribution in [3.05, 3.63) is 33.8 Å². The summed E-state index contributed by atoms with van der Waals surface area (Å²) in [5.74, 6) is 1.06. The van der Waals surface area contributed by atoms with Crippen molar-refractivity contribution < 1.29 is 4.79 Å². The van der Waals surface area contributed by atoms with Crippen LogP contribution in [-0.2, 0) is 0 Å². The van der Waals surface area contributed by atoms with Crippen molar-refractivity contribution in [3.8, 4) is 0 Å². The van der Waals surface area contributed by atoms with E-state index in [9.17, 15) is 4.79 Å². The number of aryl methyl sites for hydroxylation is 1. The van der Waals surface area contributed by atoms with Crippen LogP contribution < -0.4 is 5.32 Å². The molecule has 1 saturated carbocycles. The molecule has 0 heterocycles. The van der Waals surface area contributed by atoms with E-state index in [1.165, 1.54) is 0 Å². The van der Waals surface area contributed by atoms with Gasteiger partial charge in [0, 0.05) is 22.0 Å². The van der Waals surface area contributed by atoms with E-state index in [2.05, 4.69) is 21.2 Å². The molecule has 2 atom stereocenters. The normalized spacial score (nSPS) is 23.1. The highest BCUT2D eigenvalue weighted by molar-refractivity contribution is 9.10. The Hall–Kier alpha value is -0.540. The summed E-state index contributed by atoms with van der Waals surface area (Å²) in [6.07, 6.45) is 3.31. The van der Waals surface area contributed by atoms with Crippen LogP contribution in [0, 0.1) is 12.8 Å². The van der Waals surface area contributed by atoms with E-state index in [-0.39, 0.29) is 11.9 Å². The molecule has 0 aliphatic heterocycles. The van der Waals surface area contributed by atoms with Gasteiger partial charge in [-0.1, -0.05) is 28.4 Å². The van der Waals surface area contributed by atoms with Gasteiger partial charge in [0.25, 0.3) is 5.91 Å². The number of nitrogens with one attached hydrogen (secondary N) is 1. The molecule has 1 aliphatic carbocycles. The van der Waals surface area contributed by atoms with Crippen molar-refractivity contribution in [2.45, 2.75) is 32.2 Å². The number of halogens is 2. The molecule has 1 N–H and O–H groups in total. The summed E-state index contributed by atoms with van der Waals surface area (Å²) in [6, 6.07) is 6.00. The lowest BCUT2D eigenvalue weighted by Gasteiger charge is -2.19. The molecule has 1 aliphatic rings. The lowest BCUT2D eigenvalue weighted by atomic mass is 10.0. The molecule has 2 unspecified atom stereocenters. The summed E-state index contributed by atoms with van der Waals surface area (Å²) < 4.78 is 0.929. The minimum absolute atomic E-state index is 0.0100. The van der Waals surface area contributed by atoms with Gasteiger partial charge in [-0.3, -0.25) is 4.79 Å². The fourth-order valence-corrected chi connectivity index (χ4v) is 3.23. The SMILES string of the molecule is Cc1ccc(Br)cc1C(=O)NC1CCCC1CCl. The highest BCUT2D eigenvalue weighted by Gasteiger charge is 2.28. The van der Waals surface area contributed by atoms with E-state index >= 15 is 0 Å². The van der Waals surface area contributed by atoms with Crippen molar-refractivity contribution in [1.29, 1.82) is 0 Å². The highest BCUT2D eigenvalue weighted by atomic mass is 79.9. The summed E-state index contributed by atoms with van der Waals surface area (Å²) >= 11 is 9.33. The van der Waals surface area contributed by atoms with E-state index in [0.29, 0.717) is 11.8 Å². The molecule has 0 saturated heterocycles. The van der Waals surface area contributed by atoms with Gasteiger partial charge in [0.15, 0.2) is 0 Å². The summed E-state index contributed by atoms with van der Waals surface area (Å²) in [5, 5.41) is 3.12. The quantitative estimate of drug-likeness (QED) is 0.837. The first-order valence-corrected chi connectivity index (χ1v) is 7.57. The van der Waals surface area contributed by atoms with Gasteiger partial charge in [-0.25, -0.2) is 0 Å². The van der Waals surface area contributed by atoms with Crippen LogP contribution in [0.4, 0.5) is 0 Å². The number of hydrogen-bond acceptors (Lipinski definition) is 1. The fourth-order valence-electron chi connectivity index (χ4n) is 2.50. The van der Waals surface area contributed by atoms with Crippen LogP contribution in [0.3, 0.4) is 0 Å². The average Bonchev–Trinajstić information content (AvgIpc) is 2.79. The summed E-state index contributed by atoms with van der Waals surface area (Å²) in [5.41, 5.74) is 1.74. The second kappa shape index (κ2) is 6.07. The lowest BCUT2D eigenvalue weighted by molar-refractivity contribution is 0.0929. The van der Waals surface area contributed by atoms with Crippen molar-refractivity contribution in [1.82, 2.24) is 5.32 Å². The Morgan fingerprint density at radius 1 is 1.50 bits per heavy atom. The third-order valence-corrected chi connectivity index (χ3v) is 4.51. The number of alkyl halides is 1. The first kappa shape index (κ1) is 13.9. The number of carbonyl (C=O) groups excluding carboxylic acids is 1. The number of rotatable bonds is 3. The molecule has 2 rings (SSSR count). The zero-order chi connectivity index (χ0) is 13.1. The molecule has 0 bridgehead atoms. The second-order valence-corrected chi connectivity index (χ2v) is 6.11. The summed E-state index contributed by atoms with van der Waals surface area (Å²) in [7, 11) is 0. The average molecular weight is 331 g/mol. The topological polar surface area (TPSA) is 29.1 Å². The molecule has 1 amide bonds. The maximum Gasteiger partial charge on any atom is 0.251 e. The molecule has 4 heteroatoms. The largest absolute Gasteiger partial charge is 0.349 e. The van der Waals surface area contributed by atoms with Gasteiger partial charge in [0.1, 0.15) is 0 Å². The molecular formula is C14H17BrClNO. The van der Waals surface area contributed by atoms with Crippen molar-refractivity contribution >= 4 is 33.4 Å². The van der Waals surface area contributed by atoms with Crippen LogP contribution >= 0.6 is 27.5 Å². The maximum absolute atomic E-state index is 12.3. The van der Waals surface area contributed by atoms with Crippen LogP contribution in [0.1, 0.15) is 35.2 Å².